The molecular formula is C26H26N4O5. The fourth-order valence-electron chi connectivity index (χ4n) is 4.78. The number of carboxylic acids is 1. The van der Waals surface area contributed by atoms with Crippen LogP contribution in [0.3, 0.4) is 0 Å². The first-order valence-corrected chi connectivity index (χ1v) is 11.5. The number of carboxylic acid groups (broad SMARTS) is 1. The fourth-order valence-corrected chi connectivity index (χ4v) is 4.78. The molecule has 0 radical (unpaired) electrons. The molecule has 0 spiro atoms. The Morgan fingerprint density at radius 1 is 1.06 bits per heavy atom. The zero-order valence-electron chi connectivity index (χ0n) is 19.2. The summed E-state index contributed by atoms with van der Waals surface area (Å²) >= 11 is 0. The standard InChI is InChI=1S/C26H26N4O5/c1-30-23(25(32)33)11-16(29-30)13-27-24(31)21-10-15(21)12-28-26(34)35-14-22-19-8-4-2-6-17(19)18-7-3-5-9-20(18)22/h2-9,11,15,21-22H,10,12-14H2,1H3,(H,27,31)(H,28,34)(H,32,33). The molecule has 2 atom stereocenters. The number of aryl methyl sites for hydroxylation is 1. The highest BCUT2D eigenvalue weighted by atomic mass is 16.5. The number of hydrogen-bond acceptors (Lipinski definition) is 5. The van der Waals surface area contributed by atoms with Crippen LogP contribution in [0.4, 0.5) is 4.79 Å². The van der Waals surface area contributed by atoms with Gasteiger partial charge in [0.1, 0.15) is 12.3 Å². The van der Waals surface area contributed by atoms with Gasteiger partial charge in [-0.2, -0.15) is 5.10 Å². The Morgan fingerprint density at radius 2 is 1.71 bits per heavy atom. The second-order valence-corrected chi connectivity index (χ2v) is 8.98. The Labute approximate surface area is 202 Å². The largest absolute Gasteiger partial charge is 0.477 e. The molecule has 0 bridgehead atoms. The van der Waals surface area contributed by atoms with E-state index in [4.69, 9.17) is 9.84 Å². The van der Waals surface area contributed by atoms with Gasteiger partial charge in [-0.25, -0.2) is 9.59 Å². The van der Waals surface area contributed by atoms with Gasteiger partial charge in [-0.15, -0.1) is 0 Å². The number of aromatic nitrogens is 2. The topological polar surface area (TPSA) is 123 Å². The Hall–Kier alpha value is -4.14. The van der Waals surface area contributed by atoms with Crippen LogP contribution in [0.15, 0.2) is 54.6 Å². The number of carbonyl (C=O) groups is 3. The predicted molar refractivity (Wildman–Crippen MR) is 127 cm³/mol. The summed E-state index contributed by atoms with van der Waals surface area (Å²) in [5.41, 5.74) is 5.20. The summed E-state index contributed by atoms with van der Waals surface area (Å²) in [7, 11) is 1.54. The summed E-state index contributed by atoms with van der Waals surface area (Å²) in [4.78, 5) is 35.8. The molecule has 1 fully saturated rings. The van der Waals surface area contributed by atoms with Crippen molar-refractivity contribution in [2.24, 2.45) is 18.9 Å². The Kier molecular flexibility index (Phi) is 5.98. The third-order valence-electron chi connectivity index (χ3n) is 6.70. The molecule has 180 valence electrons. The van der Waals surface area contributed by atoms with Gasteiger partial charge < -0.3 is 20.5 Å². The second kappa shape index (κ2) is 9.25. The lowest BCUT2D eigenvalue weighted by Gasteiger charge is -2.14. The summed E-state index contributed by atoms with van der Waals surface area (Å²) in [6.45, 7) is 0.765. The van der Waals surface area contributed by atoms with Crippen molar-refractivity contribution >= 4 is 18.0 Å². The lowest BCUT2D eigenvalue weighted by molar-refractivity contribution is -0.122. The lowest BCUT2D eigenvalue weighted by Crippen LogP contribution is -2.30. The van der Waals surface area contributed by atoms with Crippen molar-refractivity contribution in [3.8, 4) is 11.1 Å². The summed E-state index contributed by atoms with van der Waals surface area (Å²) in [6, 6.07) is 17.8. The van der Waals surface area contributed by atoms with E-state index in [1.54, 1.807) is 7.05 Å². The van der Waals surface area contributed by atoms with E-state index in [1.165, 1.54) is 21.9 Å². The molecule has 1 aromatic heterocycles. The number of amides is 2. The van der Waals surface area contributed by atoms with Crippen LogP contribution in [0, 0.1) is 11.8 Å². The van der Waals surface area contributed by atoms with Crippen molar-refractivity contribution < 1.29 is 24.2 Å². The van der Waals surface area contributed by atoms with Gasteiger partial charge in [-0.3, -0.25) is 9.48 Å². The SMILES string of the molecule is Cn1nc(CNC(=O)C2CC2CNC(=O)OCC2c3ccccc3-c3ccccc32)cc1C(=O)O. The van der Waals surface area contributed by atoms with Crippen molar-refractivity contribution in [2.45, 2.75) is 18.9 Å². The number of aromatic carboxylic acids is 1. The highest BCUT2D eigenvalue weighted by molar-refractivity contribution is 5.86. The average molecular weight is 475 g/mol. The summed E-state index contributed by atoms with van der Waals surface area (Å²) < 4.78 is 6.81. The first-order chi connectivity index (χ1) is 16.9. The van der Waals surface area contributed by atoms with Crippen molar-refractivity contribution in [1.29, 1.82) is 0 Å². The number of hydrogen-bond donors (Lipinski definition) is 3. The number of ether oxygens (including phenoxy) is 1. The number of fused-ring (bicyclic) bond motifs is 3. The molecule has 9 nitrogen and oxygen atoms in total. The monoisotopic (exact) mass is 474 g/mol. The molecule has 1 heterocycles. The van der Waals surface area contributed by atoms with Crippen molar-refractivity contribution in [3.63, 3.8) is 0 Å². The van der Waals surface area contributed by atoms with Crippen LogP contribution < -0.4 is 10.6 Å². The molecule has 2 amide bonds. The third-order valence-corrected chi connectivity index (χ3v) is 6.70. The van der Waals surface area contributed by atoms with Gasteiger partial charge in [0, 0.05) is 25.4 Å². The summed E-state index contributed by atoms with van der Waals surface area (Å²) in [5, 5.41) is 18.7. The van der Waals surface area contributed by atoms with Crippen LogP contribution in [0.5, 0.6) is 0 Å². The predicted octanol–water partition coefficient (Wildman–Crippen LogP) is 2.91. The van der Waals surface area contributed by atoms with Crippen LogP contribution in [-0.4, -0.2) is 46.0 Å². The second-order valence-electron chi connectivity index (χ2n) is 8.98. The molecule has 3 N–H and O–H groups in total. The van der Waals surface area contributed by atoms with E-state index in [0.29, 0.717) is 18.7 Å². The summed E-state index contributed by atoms with van der Waals surface area (Å²) in [5.74, 6) is -1.34. The molecule has 9 heteroatoms. The van der Waals surface area contributed by atoms with Crippen LogP contribution in [0.25, 0.3) is 11.1 Å². The number of benzene rings is 2. The molecule has 1 saturated carbocycles. The van der Waals surface area contributed by atoms with Gasteiger partial charge in [0.25, 0.3) is 0 Å². The highest BCUT2D eigenvalue weighted by Crippen LogP contribution is 2.44. The van der Waals surface area contributed by atoms with Crippen LogP contribution in [-0.2, 0) is 23.1 Å². The van der Waals surface area contributed by atoms with E-state index in [2.05, 4.69) is 40.0 Å². The summed E-state index contributed by atoms with van der Waals surface area (Å²) in [6.07, 6.45) is 0.186. The minimum absolute atomic E-state index is 0.000778. The normalized spacial score (nSPS) is 17.9. The van der Waals surface area contributed by atoms with Crippen LogP contribution in [0.2, 0.25) is 0 Å². The van der Waals surface area contributed by atoms with Crippen molar-refractivity contribution in [1.82, 2.24) is 20.4 Å². The van der Waals surface area contributed by atoms with E-state index in [-0.39, 0.29) is 42.5 Å². The lowest BCUT2D eigenvalue weighted by atomic mass is 9.98. The average Bonchev–Trinajstić information content (AvgIpc) is 3.44. The fraction of sp³-hybridized carbons (Fsp3) is 0.308. The Morgan fingerprint density at radius 3 is 2.34 bits per heavy atom. The van der Waals surface area contributed by atoms with Crippen molar-refractivity contribution in [2.75, 3.05) is 13.2 Å². The number of alkyl carbamates (subject to hydrolysis) is 1. The van der Waals surface area contributed by atoms with E-state index in [9.17, 15) is 14.4 Å². The Bertz CT molecular complexity index is 1250. The first-order valence-electron chi connectivity index (χ1n) is 11.5. The maximum atomic E-state index is 12.4. The Balaban J connectivity index is 1.07. The van der Waals surface area contributed by atoms with Gasteiger partial charge in [0.05, 0.1) is 12.2 Å². The molecule has 2 aromatic carbocycles. The molecule has 0 saturated heterocycles. The number of carbonyl (C=O) groups excluding carboxylic acids is 2. The van der Waals surface area contributed by atoms with E-state index < -0.39 is 12.1 Å². The van der Waals surface area contributed by atoms with Crippen LogP contribution >= 0.6 is 0 Å². The molecule has 5 rings (SSSR count). The molecule has 0 aliphatic heterocycles. The van der Waals surface area contributed by atoms with Gasteiger partial charge in [-0.1, -0.05) is 48.5 Å². The first kappa shape index (κ1) is 22.6. The highest BCUT2D eigenvalue weighted by Gasteiger charge is 2.43. The quantitative estimate of drug-likeness (QED) is 0.461. The maximum absolute atomic E-state index is 12.4. The molecule has 2 aliphatic carbocycles. The molecule has 3 aromatic rings. The van der Waals surface area contributed by atoms with Crippen molar-refractivity contribution in [3.05, 3.63) is 77.1 Å². The minimum Gasteiger partial charge on any atom is -0.477 e. The van der Waals surface area contributed by atoms with E-state index in [0.717, 1.165) is 11.1 Å². The zero-order chi connectivity index (χ0) is 24.5. The minimum atomic E-state index is -1.07. The van der Waals surface area contributed by atoms with Gasteiger partial charge >= 0.3 is 12.1 Å². The van der Waals surface area contributed by atoms with Gasteiger partial charge in [0.2, 0.25) is 5.91 Å². The van der Waals surface area contributed by atoms with E-state index >= 15 is 0 Å². The van der Waals surface area contributed by atoms with Gasteiger partial charge in [-0.05, 0) is 40.7 Å². The third kappa shape index (κ3) is 4.62. The van der Waals surface area contributed by atoms with Crippen LogP contribution in [0.1, 0.15) is 39.6 Å². The maximum Gasteiger partial charge on any atom is 0.407 e. The molecule has 2 aliphatic rings. The number of nitrogens with one attached hydrogen (secondary N) is 2. The number of rotatable bonds is 8. The molecule has 35 heavy (non-hydrogen) atoms. The molecular weight excluding hydrogens is 448 g/mol. The van der Waals surface area contributed by atoms with E-state index in [1.807, 2.05) is 24.3 Å². The van der Waals surface area contributed by atoms with Gasteiger partial charge in [0.15, 0.2) is 0 Å². The zero-order valence-corrected chi connectivity index (χ0v) is 19.2. The smallest absolute Gasteiger partial charge is 0.407 e. The molecule has 2 unspecified atom stereocenters. The number of nitrogens with zero attached hydrogens (tertiary/aromatic N) is 2.